The lowest BCUT2D eigenvalue weighted by molar-refractivity contribution is 0.577. The zero-order valence-electron chi connectivity index (χ0n) is 12.1. The average Bonchev–Trinajstić information content (AvgIpc) is 3.31. The molecule has 0 spiro atoms. The van der Waals surface area contributed by atoms with Gasteiger partial charge in [0.05, 0.1) is 12.2 Å². The van der Waals surface area contributed by atoms with Gasteiger partial charge in [-0.15, -0.1) is 0 Å². The van der Waals surface area contributed by atoms with Crippen molar-refractivity contribution in [2.45, 2.75) is 32.0 Å². The fraction of sp³-hybridized carbons (Fsp3) is 0.375. The number of hydrogen-bond acceptors (Lipinski definition) is 4. The molecule has 0 radical (unpaired) electrons. The quantitative estimate of drug-likeness (QED) is 0.886. The van der Waals surface area contributed by atoms with Gasteiger partial charge in [0.15, 0.2) is 11.6 Å². The number of aromatic nitrogens is 2. The van der Waals surface area contributed by atoms with Crippen molar-refractivity contribution in [1.29, 1.82) is 0 Å². The molecule has 5 heteroatoms. The van der Waals surface area contributed by atoms with Gasteiger partial charge in [0, 0.05) is 37.6 Å². The van der Waals surface area contributed by atoms with Crippen molar-refractivity contribution in [1.82, 2.24) is 15.3 Å². The summed E-state index contributed by atoms with van der Waals surface area (Å²) in [5, 5.41) is 3.33. The Labute approximate surface area is 124 Å². The van der Waals surface area contributed by atoms with Crippen molar-refractivity contribution in [2.24, 2.45) is 0 Å². The van der Waals surface area contributed by atoms with E-state index in [0.717, 1.165) is 5.69 Å². The molecule has 1 N–H and O–H groups in total. The number of nitrogens with zero attached hydrogens (tertiary/aromatic N) is 3. The van der Waals surface area contributed by atoms with Gasteiger partial charge in [-0.1, -0.05) is 6.07 Å². The highest BCUT2D eigenvalue weighted by Gasteiger charge is 2.21. The molecule has 4 nitrogen and oxygen atoms in total. The smallest absolute Gasteiger partial charge is 0.170 e. The summed E-state index contributed by atoms with van der Waals surface area (Å²) in [4.78, 5) is 10.2. The van der Waals surface area contributed by atoms with E-state index in [1.807, 2.05) is 25.2 Å². The predicted molar refractivity (Wildman–Crippen MR) is 80.4 cm³/mol. The van der Waals surface area contributed by atoms with Crippen LogP contribution in [-0.4, -0.2) is 23.1 Å². The van der Waals surface area contributed by atoms with Crippen LogP contribution in [-0.2, 0) is 13.1 Å². The molecule has 1 aliphatic rings. The van der Waals surface area contributed by atoms with Crippen molar-refractivity contribution >= 4 is 5.82 Å². The minimum absolute atomic E-state index is 0.246. The first-order valence-electron chi connectivity index (χ1n) is 7.22. The van der Waals surface area contributed by atoms with Crippen LogP contribution in [0, 0.1) is 5.82 Å². The summed E-state index contributed by atoms with van der Waals surface area (Å²) < 4.78 is 14.5. The maximum atomic E-state index is 14.5. The van der Waals surface area contributed by atoms with E-state index in [1.54, 1.807) is 23.4 Å². The summed E-state index contributed by atoms with van der Waals surface area (Å²) >= 11 is 0. The van der Waals surface area contributed by atoms with Crippen LogP contribution >= 0.6 is 0 Å². The molecule has 0 atom stereocenters. The van der Waals surface area contributed by atoms with Crippen LogP contribution in [0.25, 0.3) is 0 Å². The molecule has 0 bridgehead atoms. The molecule has 110 valence electrons. The molecule has 0 saturated heterocycles. The SMILES string of the molecule is CN(Cc1ccccn1)c1nccc(CNC2CC2)c1F. The number of anilines is 1. The second-order valence-electron chi connectivity index (χ2n) is 5.44. The number of pyridine rings is 2. The second-order valence-corrected chi connectivity index (χ2v) is 5.44. The van der Waals surface area contributed by atoms with Gasteiger partial charge < -0.3 is 10.2 Å². The Morgan fingerprint density at radius 2 is 2.10 bits per heavy atom. The maximum absolute atomic E-state index is 14.5. The summed E-state index contributed by atoms with van der Waals surface area (Å²) in [6.07, 6.45) is 5.79. The van der Waals surface area contributed by atoms with Gasteiger partial charge in [-0.2, -0.15) is 0 Å². The average molecular weight is 286 g/mol. The molecule has 21 heavy (non-hydrogen) atoms. The highest BCUT2D eigenvalue weighted by Crippen LogP contribution is 2.22. The molecule has 2 heterocycles. The Kier molecular flexibility index (Phi) is 4.10. The molecule has 1 saturated carbocycles. The fourth-order valence-corrected chi connectivity index (χ4v) is 2.23. The van der Waals surface area contributed by atoms with E-state index in [9.17, 15) is 4.39 Å². The van der Waals surface area contributed by atoms with E-state index >= 15 is 0 Å². The first kappa shape index (κ1) is 13.9. The third kappa shape index (κ3) is 3.55. The van der Waals surface area contributed by atoms with Crippen molar-refractivity contribution in [2.75, 3.05) is 11.9 Å². The van der Waals surface area contributed by atoms with E-state index in [1.165, 1.54) is 12.8 Å². The van der Waals surface area contributed by atoms with E-state index in [4.69, 9.17) is 0 Å². The molecule has 0 aromatic carbocycles. The van der Waals surface area contributed by atoms with Gasteiger partial charge in [-0.25, -0.2) is 9.37 Å². The third-order valence-electron chi connectivity index (χ3n) is 3.60. The molecule has 1 fully saturated rings. The van der Waals surface area contributed by atoms with Crippen LogP contribution in [0.1, 0.15) is 24.1 Å². The van der Waals surface area contributed by atoms with Gasteiger partial charge >= 0.3 is 0 Å². The standard InChI is InChI=1S/C16H19FN4/c1-21(11-14-4-2-3-8-18-14)16-15(17)12(7-9-19-16)10-20-13-5-6-13/h2-4,7-9,13,20H,5-6,10-11H2,1H3. The number of hydrogen-bond donors (Lipinski definition) is 1. The monoisotopic (exact) mass is 286 g/mol. The van der Waals surface area contributed by atoms with Crippen molar-refractivity contribution in [3.8, 4) is 0 Å². The second kappa shape index (κ2) is 6.18. The highest BCUT2D eigenvalue weighted by atomic mass is 19.1. The van der Waals surface area contributed by atoms with Crippen LogP contribution in [0.3, 0.4) is 0 Å². The minimum Gasteiger partial charge on any atom is -0.351 e. The van der Waals surface area contributed by atoms with Gasteiger partial charge in [0.1, 0.15) is 0 Å². The predicted octanol–water partition coefficient (Wildman–Crippen LogP) is 2.50. The Hall–Kier alpha value is -2.01. The highest BCUT2D eigenvalue weighted by molar-refractivity contribution is 5.42. The lowest BCUT2D eigenvalue weighted by Gasteiger charge is -2.19. The Balaban J connectivity index is 1.72. The largest absolute Gasteiger partial charge is 0.351 e. The summed E-state index contributed by atoms with van der Waals surface area (Å²) in [7, 11) is 1.83. The van der Waals surface area contributed by atoms with Gasteiger partial charge in [0.25, 0.3) is 0 Å². The number of halogens is 1. The molecular formula is C16H19FN4. The number of nitrogens with one attached hydrogen (secondary N) is 1. The third-order valence-corrected chi connectivity index (χ3v) is 3.60. The Bertz CT molecular complexity index is 598. The minimum atomic E-state index is -0.246. The first-order chi connectivity index (χ1) is 10.2. The molecular weight excluding hydrogens is 267 g/mol. The van der Waals surface area contributed by atoms with Gasteiger partial charge in [-0.05, 0) is 31.0 Å². The topological polar surface area (TPSA) is 41.1 Å². The molecule has 2 aromatic rings. The Morgan fingerprint density at radius 3 is 2.81 bits per heavy atom. The molecule has 2 aromatic heterocycles. The summed E-state index contributed by atoms with van der Waals surface area (Å²) in [6.45, 7) is 1.09. The van der Waals surface area contributed by atoms with E-state index in [2.05, 4.69) is 15.3 Å². The first-order valence-corrected chi connectivity index (χ1v) is 7.22. The van der Waals surface area contributed by atoms with Gasteiger partial charge in [0.2, 0.25) is 0 Å². The van der Waals surface area contributed by atoms with Crippen LogP contribution in [0.2, 0.25) is 0 Å². The maximum Gasteiger partial charge on any atom is 0.170 e. The van der Waals surface area contributed by atoms with Gasteiger partial charge in [-0.3, -0.25) is 4.98 Å². The fourth-order valence-electron chi connectivity index (χ4n) is 2.23. The van der Waals surface area contributed by atoms with Crippen molar-refractivity contribution in [3.63, 3.8) is 0 Å². The lowest BCUT2D eigenvalue weighted by atomic mass is 10.2. The summed E-state index contributed by atoms with van der Waals surface area (Å²) in [5.41, 5.74) is 1.56. The van der Waals surface area contributed by atoms with Crippen molar-refractivity contribution < 1.29 is 4.39 Å². The van der Waals surface area contributed by atoms with Crippen LogP contribution in [0.15, 0.2) is 36.7 Å². The molecule has 0 amide bonds. The molecule has 3 rings (SSSR count). The summed E-state index contributed by atoms with van der Waals surface area (Å²) in [6, 6.07) is 8.02. The summed E-state index contributed by atoms with van der Waals surface area (Å²) in [5.74, 6) is 0.125. The van der Waals surface area contributed by atoms with Crippen LogP contribution < -0.4 is 10.2 Å². The van der Waals surface area contributed by atoms with E-state index < -0.39 is 0 Å². The van der Waals surface area contributed by atoms with Crippen LogP contribution in [0.4, 0.5) is 10.2 Å². The van der Waals surface area contributed by atoms with Crippen molar-refractivity contribution in [3.05, 3.63) is 53.7 Å². The molecule has 0 unspecified atom stereocenters. The zero-order chi connectivity index (χ0) is 14.7. The van der Waals surface area contributed by atoms with E-state index in [0.29, 0.717) is 30.5 Å². The lowest BCUT2D eigenvalue weighted by Crippen LogP contribution is -2.22. The molecule has 0 aliphatic heterocycles. The number of rotatable bonds is 6. The normalized spacial score (nSPS) is 14.2. The van der Waals surface area contributed by atoms with Crippen LogP contribution in [0.5, 0.6) is 0 Å². The zero-order valence-corrected chi connectivity index (χ0v) is 12.1. The molecule has 1 aliphatic carbocycles. The Morgan fingerprint density at radius 1 is 1.24 bits per heavy atom. The van der Waals surface area contributed by atoms with E-state index in [-0.39, 0.29) is 5.82 Å².